The van der Waals surface area contributed by atoms with E-state index in [0.717, 1.165) is 16.5 Å². The lowest BCUT2D eigenvalue weighted by atomic mass is 10.1. The summed E-state index contributed by atoms with van der Waals surface area (Å²) in [5, 5.41) is 10.1. The van der Waals surface area contributed by atoms with E-state index < -0.39 is 12.0 Å². The van der Waals surface area contributed by atoms with Crippen LogP contribution in [0.5, 0.6) is 0 Å². The third kappa shape index (κ3) is 2.22. The number of carbonyl (C=O) groups is 2. The Hall–Kier alpha value is -2.43. The van der Waals surface area contributed by atoms with Gasteiger partial charge < -0.3 is 10.0 Å². The number of pyridine rings is 1. The molecule has 2 heterocycles. The SMILES string of the molecule is O=C(O)C1CCC(=O)N1Cc1ccc2ncccc2c1. The molecule has 0 bridgehead atoms. The van der Waals surface area contributed by atoms with Crippen molar-refractivity contribution in [3.63, 3.8) is 0 Å². The van der Waals surface area contributed by atoms with Crippen LogP contribution < -0.4 is 0 Å². The first kappa shape index (κ1) is 12.6. The Labute approximate surface area is 115 Å². The number of amides is 1. The normalized spacial score (nSPS) is 18.7. The van der Waals surface area contributed by atoms with E-state index in [1.807, 2.05) is 30.3 Å². The zero-order valence-corrected chi connectivity index (χ0v) is 10.8. The number of fused-ring (bicyclic) bond motifs is 1. The maximum Gasteiger partial charge on any atom is 0.326 e. The molecule has 1 unspecified atom stereocenters. The Morgan fingerprint density at radius 2 is 2.25 bits per heavy atom. The summed E-state index contributed by atoms with van der Waals surface area (Å²) in [6, 6.07) is 8.83. The van der Waals surface area contributed by atoms with Crippen molar-refractivity contribution in [1.29, 1.82) is 0 Å². The number of aliphatic carboxylic acids is 1. The van der Waals surface area contributed by atoms with E-state index in [2.05, 4.69) is 4.98 Å². The number of rotatable bonds is 3. The zero-order chi connectivity index (χ0) is 14.1. The second-order valence-corrected chi connectivity index (χ2v) is 4.94. The van der Waals surface area contributed by atoms with Gasteiger partial charge in [-0.15, -0.1) is 0 Å². The zero-order valence-electron chi connectivity index (χ0n) is 10.8. The molecule has 0 radical (unpaired) electrons. The molecule has 1 aromatic carbocycles. The van der Waals surface area contributed by atoms with Crippen LogP contribution in [0.1, 0.15) is 18.4 Å². The summed E-state index contributed by atoms with van der Waals surface area (Å²) in [5.41, 5.74) is 1.81. The van der Waals surface area contributed by atoms with Crippen molar-refractivity contribution in [2.45, 2.75) is 25.4 Å². The Morgan fingerprint density at radius 3 is 3.05 bits per heavy atom. The largest absolute Gasteiger partial charge is 0.480 e. The minimum absolute atomic E-state index is 0.0938. The van der Waals surface area contributed by atoms with E-state index in [1.54, 1.807) is 6.20 Å². The van der Waals surface area contributed by atoms with Gasteiger partial charge in [0.15, 0.2) is 0 Å². The molecule has 1 N–H and O–H groups in total. The number of benzene rings is 1. The molecule has 1 aliphatic rings. The highest BCUT2D eigenvalue weighted by Gasteiger charge is 2.35. The van der Waals surface area contributed by atoms with E-state index in [0.29, 0.717) is 19.4 Å². The van der Waals surface area contributed by atoms with Gasteiger partial charge in [0.25, 0.3) is 0 Å². The monoisotopic (exact) mass is 270 g/mol. The van der Waals surface area contributed by atoms with Gasteiger partial charge in [0.1, 0.15) is 6.04 Å². The van der Waals surface area contributed by atoms with Gasteiger partial charge in [-0.25, -0.2) is 4.79 Å². The number of aromatic nitrogens is 1. The van der Waals surface area contributed by atoms with Gasteiger partial charge in [-0.1, -0.05) is 12.1 Å². The predicted octanol–water partition coefficient (Wildman–Crippen LogP) is 1.81. The quantitative estimate of drug-likeness (QED) is 0.923. The Kier molecular flexibility index (Phi) is 3.10. The van der Waals surface area contributed by atoms with E-state index in [4.69, 9.17) is 5.11 Å². The van der Waals surface area contributed by atoms with Gasteiger partial charge in [-0.05, 0) is 30.2 Å². The lowest BCUT2D eigenvalue weighted by Gasteiger charge is -2.21. The molecule has 1 fully saturated rings. The van der Waals surface area contributed by atoms with Gasteiger partial charge >= 0.3 is 5.97 Å². The minimum Gasteiger partial charge on any atom is -0.480 e. The first-order chi connectivity index (χ1) is 9.65. The number of carboxylic acid groups (broad SMARTS) is 1. The van der Waals surface area contributed by atoms with Crippen LogP contribution in [0.15, 0.2) is 36.5 Å². The number of hydrogen-bond acceptors (Lipinski definition) is 3. The van der Waals surface area contributed by atoms with E-state index >= 15 is 0 Å². The molecule has 1 atom stereocenters. The first-order valence-electron chi connectivity index (χ1n) is 6.51. The molecule has 0 aliphatic carbocycles. The van der Waals surface area contributed by atoms with E-state index in [1.165, 1.54) is 4.90 Å². The maximum atomic E-state index is 11.8. The van der Waals surface area contributed by atoms with Crippen molar-refractivity contribution in [1.82, 2.24) is 9.88 Å². The molecule has 1 saturated heterocycles. The Bertz CT molecular complexity index is 684. The lowest BCUT2D eigenvalue weighted by Crippen LogP contribution is -2.37. The molecular weight excluding hydrogens is 256 g/mol. The first-order valence-corrected chi connectivity index (χ1v) is 6.51. The van der Waals surface area contributed by atoms with Crippen molar-refractivity contribution in [3.8, 4) is 0 Å². The molecular formula is C15H14N2O3. The highest BCUT2D eigenvalue weighted by molar-refractivity contribution is 5.87. The van der Waals surface area contributed by atoms with Gasteiger partial charge in [-0.2, -0.15) is 0 Å². The molecule has 3 rings (SSSR count). The number of nitrogens with zero attached hydrogens (tertiary/aromatic N) is 2. The van der Waals surface area contributed by atoms with Crippen LogP contribution in [-0.4, -0.2) is 32.9 Å². The third-order valence-corrected chi connectivity index (χ3v) is 3.63. The summed E-state index contributed by atoms with van der Waals surface area (Å²) in [6.07, 6.45) is 2.43. The van der Waals surface area contributed by atoms with Gasteiger partial charge in [0, 0.05) is 24.5 Å². The van der Waals surface area contributed by atoms with Crippen LogP contribution in [0.3, 0.4) is 0 Å². The molecule has 1 amide bonds. The lowest BCUT2D eigenvalue weighted by molar-refractivity contribution is -0.146. The van der Waals surface area contributed by atoms with Crippen molar-refractivity contribution in [2.75, 3.05) is 0 Å². The topological polar surface area (TPSA) is 70.5 Å². The summed E-state index contributed by atoms with van der Waals surface area (Å²) >= 11 is 0. The second kappa shape index (κ2) is 4.92. The predicted molar refractivity (Wildman–Crippen MR) is 73.0 cm³/mol. The highest BCUT2D eigenvalue weighted by atomic mass is 16.4. The number of likely N-dealkylation sites (tertiary alicyclic amines) is 1. The molecule has 20 heavy (non-hydrogen) atoms. The van der Waals surface area contributed by atoms with Crippen LogP contribution >= 0.6 is 0 Å². The van der Waals surface area contributed by atoms with Gasteiger partial charge in [0.05, 0.1) is 5.52 Å². The fourth-order valence-electron chi connectivity index (χ4n) is 2.61. The van der Waals surface area contributed by atoms with Crippen LogP contribution in [0, 0.1) is 0 Å². The van der Waals surface area contributed by atoms with Crippen molar-refractivity contribution >= 4 is 22.8 Å². The van der Waals surface area contributed by atoms with Crippen molar-refractivity contribution < 1.29 is 14.7 Å². The standard InChI is InChI=1S/C15H14N2O3/c18-14-6-5-13(15(19)20)17(14)9-10-3-4-12-11(8-10)2-1-7-16-12/h1-4,7-8,13H,5-6,9H2,(H,19,20). The summed E-state index contributed by atoms with van der Waals surface area (Å²) in [5.74, 6) is -1.03. The van der Waals surface area contributed by atoms with Gasteiger partial charge in [-0.3, -0.25) is 9.78 Å². The molecule has 2 aromatic rings. The molecule has 5 heteroatoms. The van der Waals surface area contributed by atoms with Gasteiger partial charge in [0.2, 0.25) is 5.91 Å². The molecule has 0 saturated carbocycles. The summed E-state index contributed by atoms with van der Waals surface area (Å²) in [6.45, 7) is 0.334. The molecule has 1 aromatic heterocycles. The molecule has 0 spiro atoms. The summed E-state index contributed by atoms with van der Waals surface area (Å²) in [7, 11) is 0. The van der Waals surface area contributed by atoms with Crippen molar-refractivity contribution in [2.24, 2.45) is 0 Å². The van der Waals surface area contributed by atoms with Crippen LogP contribution in [0.2, 0.25) is 0 Å². The second-order valence-electron chi connectivity index (χ2n) is 4.94. The van der Waals surface area contributed by atoms with E-state index in [-0.39, 0.29) is 5.91 Å². The average molecular weight is 270 g/mol. The summed E-state index contributed by atoms with van der Waals surface area (Å²) in [4.78, 5) is 28.6. The highest BCUT2D eigenvalue weighted by Crippen LogP contribution is 2.23. The van der Waals surface area contributed by atoms with Crippen LogP contribution in [0.25, 0.3) is 10.9 Å². The van der Waals surface area contributed by atoms with Crippen molar-refractivity contribution in [3.05, 3.63) is 42.1 Å². The smallest absolute Gasteiger partial charge is 0.326 e. The fourth-order valence-corrected chi connectivity index (χ4v) is 2.61. The number of carboxylic acids is 1. The summed E-state index contributed by atoms with van der Waals surface area (Å²) < 4.78 is 0. The number of carbonyl (C=O) groups excluding carboxylic acids is 1. The molecule has 1 aliphatic heterocycles. The maximum absolute atomic E-state index is 11.8. The Morgan fingerprint density at radius 1 is 1.40 bits per heavy atom. The number of hydrogen-bond donors (Lipinski definition) is 1. The van der Waals surface area contributed by atoms with Crippen LogP contribution in [-0.2, 0) is 16.1 Å². The van der Waals surface area contributed by atoms with E-state index in [9.17, 15) is 9.59 Å². The minimum atomic E-state index is -0.932. The molecule has 102 valence electrons. The van der Waals surface area contributed by atoms with Crippen LogP contribution in [0.4, 0.5) is 0 Å². The Balaban J connectivity index is 1.88. The fraction of sp³-hybridized carbons (Fsp3) is 0.267. The molecule has 5 nitrogen and oxygen atoms in total. The average Bonchev–Trinajstić information content (AvgIpc) is 2.80. The third-order valence-electron chi connectivity index (χ3n) is 3.63.